The molecule has 0 aromatic heterocycles. The minimum atomic E-state index is -3.58. The van der Waals surface area contributed by atoms with Gasteiger partial charge in [0.15, 0.2) is 0 Å². The fraction of sp³-hybridized carbons (Fsp3) is 0.143. The van der Waals surface area contributed by atoms with Crippen molar-refractivity contribution in [1.82, 2.24) is 0 Å². The highest BCUT2D eigenvalue weighted by Gasteiger charge is 2.23. The van der Waals surface area contributed by atoms with Gasteiger partial charge in [-0.15, -0.1) is 0 Å². The number of hydrogen-bond donors (Lipinski definition) is 1. The zero-order valence-electron chi connectivity index (χ0n) is 10.7. The maximum absolute atomic E-state index is 12.6. The summed E-state index contributed by atoms with van der Waals surface area (Å²) in [6.45, 7) is 0.192. The number of para-hydroxylation sites is 1. The molecule has 5 heteroatoms. The van der Waals surface area contributed by atoms with Gasteiger partial charge in [0.2, 0.25) is 0 Å². The van der Waals surface area contributed by atoms with E-state index < -0.39 is 10.0 Å². The molecule has 0 heterocycles. The number of anilines is 1. The molecule has 0 spiro atoms. The molecule has 2 N–H and O–H groups in total. The summed E-state index contributed by atoms with van der Waals surface area (Å²) in [6.07, 6.45) is 0. The summed E-state index contributed by atoms with van der Waals surface area (Å²) >= 11 is 0. The minimum Gasteiger partial charge on any atom is -0.326 e. The number of hydrogen-bond acceptors (Lipinski definition) is 3. The normalized spacial score (nSPS) is 11.3. The Morgan fingerprint density at radius 3 is 2.21 bits per heavy atom. The van der Waals surface area contributed by atoms with Gasteiger partial charge in [-0.25, -0.2) is 8.42 Å². The van der Waals surface area contributed by atoms with Gasteiger partial charge in [0.1, 0.15) is 0 Å². The molecule has 0 atom stereocenters. The van der Waals surface area contributed by atoms with Crippen LogP contribution in [0.4, 0.5) is 5.69 Å². The Morgan fingerprint density at radius 1 is 1.00 bits per heavy atom. The standard InChI is InChI=1S/C14H16N2O2S/c1-16(13-8-3-2-4-9-13)19(17,18)14-10-6-5-7-12(14)11-15/h2-10H,11,15H2,1H3. The largest absolute Gasteiger partial charge is 0.326 e. The van der Waals surface area contributed by atoms with Crippen LogP contribution in [0.5, 0.6) is 0 Å². The molecule has 2 aromatic rings. The molecule has 0 aliphatic carbocycles. The van der Waals surface area contributed by atoms with Gasteiger partial charge < -0.3 is 5.73 Å². The third kappa shape index (κ3) is 2.62. The molecule has 0 saturated heterocycles. The first-order valence-corrected chi connectivity index (χ1v) is 7.33. The highest BCUT2D eigenvalue weighted by atomic mass is 32.2. The van der Waals surface area contributed by atoms with E-state index >= 15 is 0 Å². The molecule has 4 nitrogen and oxygen atoms in total. The van der Waals surface area contributed by atoms with Crippen LogP contribution >= 0.6 is 0 Å². The van der Waals surface area contributed by atoms with E-state index in [1.807, 2.05) is 6.07 Å². The fourth-order valence-electron chi connectivity index (χ4n) is 1.85. The maximum Gasteiger partial charge on any atom is 0.264 e. The Kier molecular flexibility index (Phi) is 3.87. The summed E-state index contributed by atoms with van der Waals surface area (Å²) in [6, 6.07) is 15.7. The third-order valence-electron chi connectivity index (χ3n) is 2.95. The maximum atomic E-state index is 12.6. The molecule has 2 aromatic carbocycles. The molecule has 2 rings (SSSR count). The van der Waals surface area contributed by atoms with Gasteiger partial charge in [0, 0.05) is 13.6 Å². The van der Waals surface area contributed by atoms with Crippen molar-refractivity contribution in [3.05, 3.63) is 60.2 Å². The van der Waals surface area contributed by atoms with Crippen LogP contribution in [0.15, 0.2) is 59.5 Å². The van der Waals surface area contributed by atoms with Crippen LogP contribution in [0, 0.1) is 0 Å². The Hall–Kier alpha value is -1.85. The summed E-state index contributed by atoms with van der Waals surface area (Å²) in [4.78, 5) is 0.254. The predicted molar refractivity (Wildman–Crippen MR) is 76.4 cm³/mol. The molecule has 0 aliphatic rings. The Bertz CT molecular complexity index is 654. The lowest BCUT2D eigenvalue weighted by Gasteiger charge is -2.20. The van der Waals surface area contributed by atoms with Gasteiger partial charge in [-0.1, -0.05) is 36.4 Å². The van der Waals surface area contributed by atoms with Gasteiger partial charge >= 0.3 is 0 Å². The first-order chi connectivity index (χ1) is 9.07. The van der Waals surface area contributed by atoms with E-state index in [1.165, 1.54) is 11.4 Å². The van der Waals surface area contributed by atoms with Gasteiger partial charge in [0.05, 0.1) is 10.6 Å². The highest BCUT2D eigenvalue weighted by molar-refractivity contribution is 7.92. The zero-order valence-corrected chi connectivity index (χ0v) is 11.5. The molecular weight excluding hydrogens is 260 g/mol. The van der Waals surface area contributed by atoms with Crippen molar-refractivity contribution < 1.29 is 8.42 Å². The third-order valence-corrected chi connectivity index (χ3v) is 4.84. The summed E-state index contributed by atoms with van der Waals surface area (Å²) in [5.74, 6) is 0. The fourth-order valence-corrected chi connectivity index (χ4v) is 3.28. The van der Waals surface area contributed by atoms with Crippen LogP contribution in [0.25, 0.3) is 0 Å². The van der Waals surface area contributed by atoms with Crippen molar-refractivity contribution >= 4 is 15.7 Å². The molecule has 0 saturated carbocycles. The van der Waals surface area contributed by atoms with Crippen molar-refractivity contribution in [2.24, 2.45) is 5.73 Å². The van der Waals surface area contributed by atoms with Gasteiger partial charge in [0.25, 0.3) is 10.0 Å². The number of nitrogens with zero attached hydrogens (tertiary/aromatic N) is 1. The second-order valence-corrected chi connectivity index (χ2v) is 6.06. The molecular formula is C14H16N2O2S. The molecule has 19 heavy (non-hydrogen) atoms. The van der Waals surface area contributed by atoms with E-state index in [2.05, 4.69) is 0 Å². The van der Waals surface area contributed by atoms with Crippen LogP contribution in [-0.2, 0) is 16.6 Å². The van der Waals surface area contributed by atoms with Crippen molar-refractivity contribution in [3.8, 4) is 0 Å². The van der Waals surface area contributed by atoms with Crippen molar-refractivity contribution in [3.63, 3.8) is 0 Å². The van der Waals surface area contributed by atoms with Crippen molar-refractivity contribution in [2.45, 2.75) is 11.4 Å². The lowest BCUT2D eigenvalue weighted by atomic mass is 10.2. The number of rotatable bonds is 4. The molecule has 0 fully saturated rings. The smallest absolute Gasteiger partial charge is 0.264 e. The summed E-state index contributed by atoms with van der Waals surface area (Å²) < 4.78 is 26.4. The van der Waals surface area contributed by atoms with Gasteiger partial charge in [-0.05, 0) is 23.8 Å². The van der Waals surface area contributed by atoms with E-state index in [9.17, 15) is 8.42 Å². The van der Waals surface area contributed by atoms with Crippen LogP contribution < -0.4 is 10.0 Å². The molecule has 0 amide bonds. The van der Waals surface area contributed by atoms with Crippen LogP contribution in [0.2, 0.25) is 0 Å². The lowest BCUT2D eigenvalue weighted by molar-refractivity contribution is 0.593. The summed E-state index contributed by atoms with van der Waals surface area (Å²) in [5.41, 5.74) is 6.84. The number of sulfonamides is 1. The topological polar surface area (TPSA) is 63.4 Å². The zero-order chi connectivity index (χ0) is 13.9. The van der Waals surface area contributed by atoms with Crippen LogP contribution in [0.3, 0.4) is 0 Å². The molecule has 100 valence electrons. The Balaban J connectivity index is 2.48. The molecule has 0 unspecified atom stereocenters. The first kappa shape index (κ1) is 13.6. The quantitative estimate of drug-likeness (QED) is 0.928. The van der Waals surface area contributed by atoms with Crippen molar-refractivity contribution in [2.75, 3.05) is 11.4 Å². The monoisotopic (exact) mass is 276 g/mol. The van der Waals surface area contributed by atoms with E-state index in [0.29, 0.717) is 11.3 Å². The first-order valence-electron chi connectivity index (χ1n) is 5.89. The highest BCUT2D eigenvalue weighted by Crippen LogP contribution is 2.23. The minimum absolute atomic E-state index is 0.192. The Morgan fingerprint density at radius 2 is 1.58 bits per heavy atom. The Labute approximate surface area is 113 Å². The SMILES string of the molecule is CN(c1ccccc1)S(=O)(=O)c1ccccc1CN. The summed E-state index contributed by atoms with van der Waals surface area (Å²) in [5, 5.41) is 0. The van der Waals surface area contributed by atoms with Crippen LogP contribution in [-0.4, -0.2) is 15.5 Å². The number of benzene rings is 2. The predicted octanol–water partition coefficient (Wildman–Crippen LogP) is 1.97. The summed E-state index contributed by atoms with van der Waals surface area (Å²) in [7, 11) is -2.04. The van der Waals surface area contributed by atoms with Gasteiger partial charge in [-0.3, -0.25) is 4.31 Å². The van der Waals surface area contributed by atoms with E-state index in [0.717, 1.165) is 0 Å². The average Bonchev–Trinajstić information content (AvgIpc) is 2.47. The molecule has 0 aliphatic heterocycles. The van der Waals surface area contributed by atoms with E-state index in [-0.39, 0.29) is 11.4 Å². The second kappa shape index (κ2) is 5.42. The lowest BCUT2D eigenvalue weighted by Crippen LogP contribution is -2.27. The van der Waals surface area contributed by atoms with Gasteiger partial charge in [-0.2, -0.15) is 0 Å². The average molecular weight is 276 g/mol. The second-order valence-electron chi connectivity index (χ2n) is 4.12. The number of nitrogens with two attached hydrogens (primary N) is 1. The van der Waals surface area contributed by atoms with Crippen molar-refractivity contribution in [1.29, 1.82) is 0 Å². The van der Waals surface area contributed by atoms with E-state index in [4.69, 9.17) is 5.73 Å². The van der Waals surface area contributed by atoms with Crippen LogP contribution in [0.1, 0.15) is 5.56 Å². The molecule has 0 radical (unpaired) electrons. The molecule has 0 bridgehead atoms. The van der Waals surface area contributed by atoms with E-state index in [1.54, 1.807) is 48.5 Å².